The van der Waals surface area contributed by atoms with Gasteiger partial charge in [0.15, 0.2) is 5.65 Å². The van der Waals surface area contributed by atoms with Crippen molar-refractivity contribution in [3.8, 4) is 11.3 Å². The number of hydrogen-bond acceptors (Lipinski definition) is 4. The van der Waals surface area contributed by atoms with Crippen LogP contribution in [0, 0.1) is 0 Å². The molecule has 0 saturated heterocycles. The van der Waals surface area contributed by atoms with Crippen LogP contribution < -0.4 is 0 Å². The van der Waals surface area contributed by atoms with Gasteiger partial charge in [-0.25, -0.2) is 4.98 Å². The summed E-state index contributed by atoms with van der Waals surface area (Å²) in [6.07, 6.45) is 5.09. The van der Waals surface area contributed by atoms with Gasteiger partial charge in [-0.3, -0.25) is 10.1 Å². The summed E-state index contributed by atoms with van der Waals surface area (Å²) in [6.45, 7) is 0. The number of rotatable bonds is 1. The topological polar surface area (TPSA) is 67.3 Å². The maximum Gasteiger partial charge on any atom is 0.224 e. The third kappa shape index (κ3) is 1.42. The number of H-pyrrole nitrogens is 1. The van der Waals surface area contributed by atoms with Crippen LogP contribution in [0.25, 0.3) is 22.3 Å². The summed E-state index contributed by atoms with van der Waals surface area (Å²) in [6, 6.07) is 3.73. The van der Waals surface area contributed by atoms with Crippen molar-refractivity contribution in [3.05, 3.63) is 36.0 Å². The molecular weight excluding hydrogens is 226 g/mol. The Kier molecular flexibility index (Phi) is 2.04. The van der Waals surface area contributed by atoms with Crippen LogP contribution in [0.1, 0.15) is 0 Å². The van der Waals surface area contributed by atoms with E-state index in [1.165, 1.54) is 0 Å². The lowest BCUT2D eigenvalue weighted by Crippen LogP contribution is -1.89. The number of aromatic nitrogens is 5. The van der Waals surface area contributed by atoms with Gasteiger partial charge in [-0.2, -0.15) is 10.1 Å². The third-order valence-electron chi connectivity index (χ3n) is 2.24. The molecule has 3 aromatic rings. The molecule has 6 heteroatoms. The molecule has 0 amide bonds. The molecule has 0 aliphatic carbocycles. The molecule has 3 heterocycles. The number of halogens is 1. The van der Waals surface area contributed by atoms with Crippen molar-refractivity contribution in [2.24, 2.45) is 0 Å². The van der Waals surface area contributed by atoms with Crippen molar-refractivity contribution in [1.82, 2.24) is 25.1 Å². The lowest BCUT2D eigenvalue weighted by Gasteiger charge is -2.01. The highest BCUT2D eigenvalue weighted by Gasteiger charge is 2.09. The maximum atomic E-state index is 5.85. The molecule has 78 valence electrons. The van der Waals surface area contributed by atoms with E-state index in [1.807, 2.05) is 12.1 Å². The zero-order valence-electron chi connectivity index (χ0n) is 8.05. The van der Waals surface area contributed by atoms with Crippen molar-refractivity contribution < 1.29 is 0 Å². The van der Waals surface area contributed by atoms with Gasteiger partial charge in [-0.1, -0.05) is 0 Å². The van der Waals surface area contributed by atoms with Crippen molar-refractivity contribution in [3.63, 3.8) is 0 Å². The minimum Gasteiger partial charge on any atom is -0.265 e. The Balaban J connectivity index is 2.34. The predicted octanol–water partition coefficient (Wildman–Crippen LogP) is 2.07. The average molecular weight is 232 g/mol. The number of aromatic amines is 1. The quantitative estimate of drug-likeness (QED) is 0.651. The molecule has 0 aliphatic heterocycles. The van der Waals surface area contributed by atoms with Gasteiger partial charge < -0.3 is 0 Å². The standard InChI is InChI=1S/C10H6ClN5/c11-10-14-8(6-1-3-12-4-2-6)7-5-13-16-9(7)15-10/h1-5H,(H,13,14,15,16). The Morgan fingerprint density at radius 1 is 1.12 bits per heavy atom. The first kappa shape index (κ1) is 9.23. The van der Waals surface area contributed by atoms with E-state index < -0.39 is 0 Å². The second kappa shape index (κ2) is 3.53. The Morgan fingerprint density at radius 3 is 2.75 bits per heavy atom. The number of fused-ring (bicyclic) bond motifs is 1. The zero-order chi connectivity index (χ0) is 11.0. The van der Waals surface area contributed by atoms with Crippen LogP contribution in [0.15, 0.2) is 30.7 Å². The smallest absolute Gasteiger partial charge is 0.224 e. The first-order valence-electron chi connectivity index (χ1n) is 4.61. The summed E-state index contributed by atoms with van der Waals surface area (Å²) < 4.78 is 0. The molecule has 3 aromatic heterocycles. The summed E-state index contributed by atoms with van der Waals surface area (Å²) in [7, 11) is 0. The van der Waals surface area contributed by atoms with E-state index in [-0.39, 0.29) is 5.28 Å². The van der Waals surface area contributed by atoms with E-state index in [4.69, 9.17) is 11.6 Å². The monoisotopic (exact) mass is 231 g/mol. The molecule has 0 radical (unpaired) electrons. The van der Waals surface area contributed by atoms with Crippen LogP contribution in [0.4, 0.5) is 0 Å². The third-order valence-corrected chi connectivity index (χ3v) is 2.41. The summed E-state index contributed by atoms with van der Waals surface area (Å²) >= 11 is 5.85. The molecule has 0 spiro atoms. The lowest BCUT2D eigenvalue weighted by molar-refractivity contribution is 1.09. The molecular formula is C10H6ClN5. The van der Waals surface area contributed by atoms with Crippen LogP contribution in [0.2, 0.25) is 5.28 Å². The highest BCUT2D eigenvalue weighted by atomic mass is 35.5. The van der Waals surface area contributed by atoms with Gasteiger partial charge in [-0.05, 0) is 23.7 Å². The minimum atomic E-state index is 0.198. The van der Waals surface area contributed by atoms with Crippen molar-refractivity contribution in [2.45, 2.75) is 0 Å². The second-order valence-corrected chi connectivity index (χ2v) is 3.55. The van der Waals surface area contributed by atoms with Gasteiger partial charge in [0.25, 0.3) is 0 Å². The van der Waals surface area contributed by atoms with E-state index in [2.05, 4.69) is 25.1 Å². The fourth-order valence-corrected chi connectivity index (χ4v) is 1.71. The Hall–Kier alpha value is -2.01. The highest BCUT2D eigenvalue weighted by Crippen LogP contribution is 2.25. The van der Waals surface area contributed by atoms with Gasteiger partial charge in [0, 0.05) is 18.0 Å². The maximum absolute atomic E-state index is 5.85. The molecule has 0 atom stereocenters. The molecule has 0 aliphatic rings. The van der Waals surface area contributed by atoms with Gasteiger partial charge in [-0.15, -0.1) is 0 Å². The van der Waals surface area contributed by atoms with Gasteiger partial charge in [0.1, 0.15) is 0 Å². The van der Waals surface area contributed by atoms with Crippen LogP contribution in [0.3, 0.4) is 0 Å². The molecule has 1 N–H and O–H groups in total. The first-order chi connectivity index (χ1) is 7.84. The number of nitrogens with zero attached hydrogens (tertiary/aromatic N) is 4. The van der Waals surface area contributed by atoms with Gasteiger partial charge >= 0.3 is 0 Å². The van der Waals surface area contributed by atoms with E-state index in [0.29, 0.717) is 5.65 Å². The fraction of sp³-hybridized carbons (Fsp3) is 0. The average Bonchev–Trinajstić information content (AvgIpc) is 2.77. The first-order valence-corrected chi connectivity index (χ1v) is 4.99. The van der Waals surface area contributed by atoms with Gasteiger partial charge in [0.05, 0.1) is 17.3 Å². The van der Waals surface area contributed by atoms with Crippen LogP contribution in [-0.4, -0.2) is 25.1 Å². The number of nitrogens with one attached hydrogen (secondary N) is 1. The molecule has 0 aromatic carbocycles. The molecule has 0 unspecified atom stereocenters. The molecule has 3 rings (SSSR count). The Labute approximate surface area is 95.5 Å². The van der Waals surface area contributed by atoms with E-state index in [9.17, 15) is 0 Å². The summed E-state index contributed by atoms with van der Waals surface area (Å²) in [5, 5.41) is 7.74. The van der Waals surface area contributed by atoms with Crippen LogP contribution in [-0.2, 0) is 0 Å². The molecule has 16 heavy (non-hydrogen) atoms. The van der Waals surface area contributed by atoms with Crippen molar-refractivity contribution in [2.75, 3.05) is 0 Å². The lowest BCUT2D eigenvalue weighted by atomic mass is 10.1. The molecule has 0 saturated carbocycles. The Bertz CT molecular complexity index is 634. The van der Waals surface area contributed by atoms with E-state index >= 15 is 0 Å². The summed E-state index contributed by atoms with van der Waals surface area (Å²) in [4.78, 5) is 12.2. The van der Waals surface area contributed by atoms with E-state index in [0.717, 1.165) is 16.6 Å². The number of pyridine rings is 1. The predicted molar refractivity (Wildman–Crippen MR) is 59.9 cm³/mol. The SMILES string of the molecule is Clc1nc(-c2ccncc2)c2cn[nH]c2n1. The zero-order valence-corrected chi connectivity index (χ0v) is 8.81. The van der Waals surface area contributed by atoms with E-state index in [1.54, 1.807) is 18.6 Å². The summed E-state index contributed by atoms with van der Waals surface area (Å²) in [5.74, 6) is 0. The molecule has 5 nitrogen and oxygen atoms in total. The van der Waals surface area contributed by atoms with Crippen molar-refractivity contribution >= 4 is 22.6 Å². The minimum absolute atomic E-state index is 0.198. The largest absolute Gasteiger partial charge is 0.265 e. The van der Waals surface area contributed by atoms with Crippen LogP contribution in [0.5, 0.6) is 0 Å². The van der Waals surface area contributed by atoms with Crippen molar-refractivity contribution in [1.29, 1.82) is 0 Å². The van der Waals surface area contributed by atoms with Gasteiger partial charge in [0.2, 0.25) is 5.28 Å². The molecule has 0 fully saturated rings. The van der Waals surface area contributed by atoms with Crippen LogP contribution >= 0.6 is 11.6 Å². The highest BCUT2D eigenvalue weighted by molar-refractivity contribution is 6.28. The summed E-state index contributed by atoms with van der Waals surface area (Å²) in [5.41, 5.74) is 2.32. The number of hydrogen-bond donors (Lipinski definition) is 1. The molecule has 0 bridgehead atoms. The Morgan fingerprint density at radius 2 is 1.94 bits per heavy atom. The normalized spacial score (nSPS) is 10.8. The fourth-order valence-electron chi connectivity index (χ4n) is 1.54. The second-order valence-electron chi connectivity index (χ2n) is 3.21.